The van der Waals surface area contributed by atoms with Crippen molar-refractivity contribution < 1.29 is 0 Å². The van der Waals surface area contributed by atoms with Gasteiger partial charge in [0.1, 0.15) is 0 Å². The predicted molar refractivity (Wildman–Crippen MR) is 99.0 cm³/mol. The SMILES string of the molecule is Clc1ccc(-c2nnc(/N=C/C=C/c3ccccc3)s2)c(Cl)c1. The average Bonchev–Trinajstić information content (AvgIpc) is 3.01. The third-order valence-corrected chi connectivity index (χ3v) is 4.35. The molecule has 0 bridgehead atoms. The van der Waals surface area contributed by atoms with Gasteiger partial charge in [-0.05, 0) is 29.8 Å². The summed E-state index contributed by atoms with van der Waals surface area (Å²) in [7, 11) is 0. The molecule has 2 aromatic carbocycles. The maximum atomic E-state index is 6.17. The van der Waals surface area contributed by atoms with Gasteiger partial charge in [-0.15, -0.1) is 10.2 Å². The van der Waals surface area contributed by atoms with Gasteiger partial charge in [-0.3, -0.25) is 0 Å². The van der Waals surface area contributed by atoms with Crippen LogP contribution in [0.3, 0.4) is 0 Å². The van der Waals surface area contributed by atoms with Crippen molar-refractivity contribution in [3.05, 3.63) is 70.2 Å². The number of aliphatic imine (C=N–C) groups is 1. The zero-order valence-corrected chi connectivity index (χ0v) is 14.2. The summed E-state index contributed by atoms with van der Waals surface area (Å²) in [4.78, 5) is 4.28. The van der Waals surface area contributed by atoms with Crippen LogP contribution in [0.15, 0.2) is 59.6 Å². The lowest BCUT2D eigenvalue weighted by Crippen LogP contribution is -1.78. The summed E-state index contributed by atoms with van der Waals surface area (Å²) in [6.45, 7) is 0. The van der Waals surface area contributed by atoms with E-state index in [9.17, 15) is 0 Å². The summed E-state index contributed by atoms with van der Waals surface area (Å²) >= 11 is 13.4. The van der Waals surface area contributed by atoms with Crippen LogP contribution >= 0.6 is 34.5 Å². The molecule has 23 heavy (non-hydrogen) atoms. The normalized spacial score (nSPS) is 11.6. The Kier molecular flexibility index (Phi) is 5.18. The summed E-state index contributed by atoms with van der Waals surface area (Å²) < 4.78 is 0. The van der Waals surface area contributed by atoms with Gasteiger partial charge in [0.15, 0.2) is 5.01 Å². The van der Waals surface area contributed by atoms with Gasteiger partial charge >= 0.3 is 0 Å². The van der Waals surface area contributed by atoms with Crippen LogP contribution in [0.5, 0.6) is 0 Å². The second-order valence-electron chi connectivity index (χ2n) is 4.56. The van der Waals surface area contributed by atoms with E-state index in [1.54, 1.807) is 18.3 Å². The molecule has 3 rings (SSSR count). The van der Waals surface area contributed by atoms with Gasteiger partial charge in [0.2, 0.25) is 5.13 Å². The molecule has 0 aliphatic heterocycles. The van der Waals surface area contributed by atoms with E-state index in [4.69, 9.17) is 23.2 Å². The Balaban J connectivity index is 1.72. The van der Waals surface area contributed by atoms with Crippen molar-refractivity contribution in [2.75, 3.05) is 0 Å². The Morgan fingerprint density at radius 1 is 1.00 bits per heavy atom. The highest BCUT2D eigenvalue weighted by Crippen LogP contribution is 2.34. The van der Waals surface area contributed by atoms with E-state index in [-0.39, 0.29) is 0 Å². The van der Waals surface area contributed by atoms with E-state index in [2.05, 4.69) is 15.2 Å². The lowest BCUT2D eigenvalue weighted by Gasteiger charge is -1.98. The zero-order valence-electron chi connectivity index (χ0n) is 11.9. The largest absolute Gasteiger partial charge is 0.231 e. The summed E-state index contributed by atoms with van der Waals surface area (Å²) in [5.74, 6) is 0. The van der Waals surface area contributed by atoms with Crippen LogP contribution in [0.4, 0.5) is 5.13 Å². The van der Waals surface area contributed by atoms with Gasteiger partial charge in [-0.2, -0.15) is 0 Å². The second kappa shape index (κ2) is 7.51. The summed E-state index contributed by atoms with van der Waals surface area (Å²) in [6.07, 6.45) is 5.54. The van der Waals surface area contributed by atoms with E-state index in [0.717, 1.165) is 11.1 Å². The zero-order chi connectivity index (χ0) is 16.1. The third kappa shape index (κ3) is 4.26. The summed E-state index contributed by atoms with van der Waals surface area (Å²) in [5, 5.41) is 10.6. The number of benzene rings is 2. The minimum atomic E-state index is 0.549. The van der Waals surface area contributed by atoms with Crippen LogP contribution < -0.4 is 0 Å². The smallest absolute Gasteiger partial charge is 0.226 e. The van der Waals surface area contributed by atoms with Gasteiger partial charge in [-0.1, -0.05) is 70.9 Å². The number of halogens is 2. The molecular weight excluding hydrogens is 349 g/mol. The topological polar surface area (TPSA) is 38.1 Å². The highest BCUT2D eigenvalue weighted by Gasteiger charge is 2.09. The molecule has 0 amide bonds. The van der Waals surface area contributed by atoms with E-state index >= 15 is 0 Å². The Morgan fingerprint density at radius 2 is 1.83 bits per heavy atom. The Hall–Kier alpha value is -2.01. The molecule has 0 spiro atoms. The van der Waals surface area contributed by atoms with Crippen LogP contribution in [0.25, 0.3) is 16.6 Å². The van der Waals surface area contributed by atoms with Crippen molar-refractivity contribution in [2.45, 2.75) is 0 Å². The average molecular weight is 360 g/mol. The van der Waals surface area contributed by atoms with Crippen molar-refractivity contribution in [1.29, 1.82) is 0 Å². The predicted octanol–water partition coefficient (Wildman–Crippen LogP) is 5.93. The number of rotatable bonds is 4. The van der Waals surface area contributed by atoms with E-state index in [1.165, 1.54) is 11.3 Å². The first-order valence-corrected chi connectivity index (χ1v) is 8.34. The standard InChI is InChI=1S/C17H11Cl2N3S/c18-13-8-9-14(15(19)11-13)16-21-22-17(23-16)20-10-4-7-12-5-2-1-3-6-12/h1-11H/b7-4+,20-10+. The molecule has 0 saturated carbocycles. The third-order valence-electron chi connectivity index (χ3n) is 2.94. The molecule has 3 aromatic rings. The van der Waals surface area contributed by atoms with Crippen LogP contribution in [0, 0.1) is 0 Å². The lowest BCUT2D eigenvalue weighted by atomic mass is 10.2. The number of aromatic nitrogens is 2. The van der Waals surface area contributed by atoms with Crippen LogP contribution in [0.1, 0.15) is 5.56 Å². The minimum Gasteiger partial charge on any atom is -0.226 e. The van der Waals surface area contributed by atoms with E-state index < -0.39 is 0 Å². The molecule has 1 aromatic heterocycles. The first kappa shape index (κ1) is 15.9. The van der Waals surface area contributed by atoms with Crippen LogP contribution in [0.2, 0.25) is 10.0 Å². The van der Waals surface area contributed by atoms with Crippen molar-refractivity contribution in [2.24, 2.45) is 4.99 Å². The summed E-state index contributed by atoms with van der Waals surface area (Å²) in [6, 6.07) is 15.3. The monoisotopic (exact) mass is 359 g/mol. The van der Waals surface area contributed by atoms with Crippen molar-refractivity contribution in [3.63, 3.8) is 0 Å². The van der Waals surface area contributed by atoms with Crippen LogP contribution in [-0.4, -0.2) is 16.4 Å². The maximum Gasteiger partial charge on any atom is 0.231 e. The fraction of sp³-hybridized carbons (Fsp3) is 0. The fourth-order valence-corrected chi connectivity index (χ4v) is 3.16. The molecule has 3 nitrogen and oxygen atoms in total. The van der Waals surface area contributed by atoms with E-state index in [0.29, 0.717) is 20.2 Å². The van der Waals surface area contributed by atoms with Gasteiger partial charge in [0, 0.05) is 16.8 Å². The van der Waals surface area contributed by atoms with Gasteiger partial charge in [0.25, 0.3) is 0 Å². The molecule has 0 fully saturated rings. The molecule has 114 valence electrons. The lowest BCUT2D eigenvalue weighted by molar-refractivity contribution is 1.09. The Labute approximate surface area is 148 Å². The molecule has 0 aliphatic rings. The first-order valence-electron chi connectivity index (χ1n) is 6.77. The Bertz CT molecular complexity index is 857. The van der Waals surface area contributed by atoms with Crippen molar-refractivity contribution in [3.8, 4) is 10.6 Å². The highest BCUT2D eigenvalue weighted by molar-refractivity contribution is 7.18. The number of hydrogen-bond acceptors (Lipinski definition) is 4. The second-order valence-corrected chi connectivity index (χ2v) is 6.36. The molecule has 0 saturated heterocycles. The number of allylic oxidation sites excluding steroid dienone is 1. The fourth-order valence-electron chi connectivity index (χ4n) is 1.86. The van der Waals surface area contributed by atoms with Gasteiger partial charge in [-0.25, -0.2) is 4.99 Å². The molecule has 0 N–H and O–H groups in total. The molecule has 1 heterocycles. The number of hydrogen-bond donors (Lipinski definition) is 0. The highest BCUT2D eigenvalue weighted by atomic mass is 35.5. The van der Waals surface area contributed by atoms with Crippen molar-refractivity contribution in [1.82, 2.24) is 10.2 Å². The molecule has 0 atom stereocenters. The van der Waals surface area contributed by atoms with Gasteiger partial charge in [0.05, 0.1) is 5.02 Å². The molecule has 0 radical (unpaired) electrons. The van der Waals surface area contributed by atoms with Gasteiger partial charge < -0.3 is 0 Å². The maximum absolute atomic E-state index is 6.17. The van der Waals surface area contributed by atoms with Crippen molar-refractivity contribution >= 4 is 52.0 Å². The quantitative estimate of drug-likeness (QED) is 0.541. The van der Waals surface area contributed by atoms with Crippen LogP contribution in [-0.2, 0) is 0 Å². The molecule has 6 heteroatoms. The Morgan fingerprint density at radius 3 is 2.61 bits per heavy atom. The molecule has 0 aliphatic carbocycles. The molecule has 0 unspecified atom stereocenters. The molecular formula is C17H11Cl2N3S. The first-order chi connectivity index (χ1) is 11.2. The van der Waals surface area contributed by atoms with E-state index in [1.807, 2.05) is 48.6 Å². The summed E-state index contributed by atoms with van der Waals surface area (Å²) in [5.41, 5.74) is 1.92. The minimum absolute atomic E-state index is 0.549. The number of nitrogens with zero attached hydrogens (tertiary/aromatic N) is 3.